The molecule has 17 heavy (non-hydrogen) atoms. The molecule has 0 spiro atoms. The zero-order valence-electron chi connectivity index (χ0n) is 11.8. The Morgan fingerprint density at radius 3 is 2.71 bits per heavy atom. The van der Waals surface area contributed by atoms with Gasteiger partial charge in [-0.15, -0.1) is 0 Å². The van der Waals surface area contributed by atoms with Crippen LogP contribution in [0.5, 0.6) is 0 Å². The van der Waals surface area contributed by atoms with Gasteiger partial charge in [0.25, 0.3) is 0 Å². The van der Waals surface area contributed by atoms with Gasteiger partial charge in [0.15, 0.2) is 0 Å². The summed E-state index contributed by atoms with van der Waals surface area (Å²) in [7, 11) is 0. The molecule has 0 aromatic heterocycles. The Hall–Kier alpha value is -0.120. The van der Waals surface area contributed by atoms with Crippen LogP contribution in [0.1, 0.15) is 52.9 Å². The maximum Gasteiger partial charge on any atom is 0.0611 e. The summed E-state index contributed by atoms with van der Waals surface area (Å²) >= 11 is 0. The second kappa shape index (κ2) is 7.34. The molecule has 1 aliphatic rings. The molecule has 1 rings (SSSR count). The van der Waals surface area contributed by atoms with Crippen LogP contribution in [0.4, 0.5) is 0 Å². The van der Waals surface area contributed by atoms with E-state index in [9.17, 15) is 5.11 Å². The molecule has 3 heteroatoms. The minimum atomic E-state index is -0.107. The smallest absolute Gasteiger partial charge is 0.0611 e. The van der Waals surface area contributed by atoms with Gasteiger partial charge in [0, 0.05) is 18.1 Å². The van der Waals surface area contributed by atoms with Gasteiger partial charge in [-0.2, -0.15) is 0 Å². The lowest BCUT2D eigenvalue weighted by atomic mass is 9.95. The van der Waals surface area contributed by atoms with E-state index >= 15 is 0 Å². The van der Waals surface area contributed by atoms with Gasteiger partial charge in [-0.3, -0.25) is 0 Å². The number of rotatable bonds is 7. The molecule has 0 saturated carbocycles. The maximum atomic E-state index is 9.49. The molecule has 1 aliphatic heterocycles. The largest absolute Gasteiger partial charge is 0.394 e. The van der Waals surface area contributed by atoms with Crippen LogP contribution in [0, 0.1) is 0 Å². The van der Waals surface area contributed by atoms with Gasteiger partial charge in [0.1, 0.15) is 0 Å². The SMILES string of the molecule is CCNC(C)(CO)CCN1CCCCC1CC. The molecular weight excluding hydrogens is 212 g/mol. The molecule has 2 unspecified atom stereocenters. The molecule has 0 radical (unpaired) electrons. The van der Waals surface area contributed by atoms with E-state index in [1.807, 2.05) is 0 Å². The first-order valence-electron chi connectivity index (χ1n) is 7.25. The van der Waals surface area contributed by atoms with Crippen molar-refractivity contribution in [1.29, 1.82) is 0 Å². The summed E-state index contributed by atoms with van der Waals surface area (Å²) < 4.78 is 0. The Balaban J connectivity index is 2.41. The van der Waals surface area contributed by atoms with Gasteiger partial charge in [-0.1, -0.05) is 20.3 Å². The van der Waals surface area contributed by atoms with E-state index in [2.05, 4.69) is 31.0 Å². The zero-order chi connectivity index (χ0) is 12.7. The predicted molar refractivity (Wildman–Crippen MR) is 73.3 cm³/mol. The number of nitrogens with zero attached hydrogens (tertiary/aromatic N) is 1. The minimum Gasteiger partial charge on any atom is -0.394 e. The highest BCUT2D eigenvalue weighted by atomic mass is 16.3. The first kappa shape index (κ1) is 14.9. The first-order valence-corrected chi connectivity index (χ1v) is 7.25. The third-order valence-electron chi connectivity index (χ3n) is 4.12. The topological polar surface area (TPSA) is 35.5 Å². The van der Waals surface area contributed by atoms with Crippen LogP contribution in [0.25, 0.3) is 0 Å². The van der Waals surface area contributed by atoms with Crippen molar-refractivity contribution in [1.82, 2.24) is 10.2 Å². The number of likely N-dealkylation sites (N-methyl/N-ethyl adjacent to an activating group) is 1. The lowest BCUT2D eigenvalue weighted by Crippen LogP contribution is -2.49. The van der Waals surface area contributed by atoms with E-state index < -0.39 is 0 Å². The summed E-state index contributed by atoms with van der Waals surface area (Å²) in [5.41, 5.74) is -0.107. The summed E-state index contributed by atoms with van der Waals surface area (Å²) in [5.74, 6) is 0. The van der Waals surface area contributed by atoms with Crippen molar-refractivity contribution < 1.29 is 5.11 Å². The predicted octanol–water partition coefficient (Wildman–Crippen LogP) is 2.00. The number of likely N-dealkylation sites (tertiary alicyclic amines) is 1. The number of hydrogen-bond acceptors (Lipinski definition) is 3. The zero-order valence-corrected chi connectivity index (χ0v) is 11.8. The molecule has 0 amide bonds. The average molecular weight is 242 g/mol. The standard InChI is InChI=1S/C14H30N2O/c1-4-13-8-6-7-10-16(13)11-9-14(3,12-17)15-5-2/h13,15,17H,4-12H2,1-3H3. The first-order chi connectivity index (χ1) is 8.15. The van der Waals surface area contributed by atoms with Crippen LogP contribution in [0.3, 0.4) is 0 Å². The molecule has 1 saturated heterocycles. The summed E-state index contributed by atoms with van der Waals surface area (Å²) in [6.45, 7) is 10.0. The Labute approximate surface area is 107 Å². The number of aliphatic hydroxyl groups is 1. The van der Waals surface area contributed by atoms with Crippen molar-refractivity contribution in [2.24, 2.45) is 0 Å². The molecule has 2 N–H and O–H groups in total. The van der Waals surface area contributed by atoms with E-state index in [1.54, 1.807) is 0 Å². The fraction of sp³-hybridized carbons (Fsp3) is 1.00. The maximum absolute atomic E-state index is 9.49. The Kier molecular flexibility index (Phi) is 6.45. The minimum absolute atomic E-state index is 0.107. The van der Waals surface area contributed by atoms with Crippen LogP contribution in [0.2, 0.25) is 0 Å². The second-order valence-corrected chi connectivity index (χ2v) is 5.59. The van der Waals surface area contributed by atoms with Gasteiger partial charge in [-0.05, 0) is 45.7 Å². The highest BCUT2D eigenvalue weighted by molar-refractivity contribution is 4.85. The molecule has 0 aromatic carbocycles. The third-order valence-corrected chi connectivity index (χ3v) is 4.12. The molecule has 3 nitrogen and oxygen atoms in total. The Bertz CT molecular complexity index is 210. The van der Waals surface area contributed by atoms with Gasteiger partial charge in [0.2, 0.25) is 0 Å². The van der Waals surface area contributed by atoms with E-state index in [0.717, 1.165) is 25.6 Å². The van der Waals surface area contributed by atoms with Gasteiger partial charge in [0.05, 0.1) is 6.61 Å². The number of piperidine rings is 1. The Morgan fingerprint density at radius 1 is 1.35 bits per heavy atom. The van der Waals surface area contributed by atoms with Crippen LogP contribution >= 0.6 is 0 Å². The third kappa shape index (κ3) is 4.57. The molecule has 2 atom stereocenters. The lowest BCUT2D eigenvalue weighted by Gasteiger charge is -2.38. The number of aliphatic hydroxyl groups excluding tert-OH is 1. The highest BCUT2D eigenvalue weighted by Gasteiger charge is 2.26. The molecule has 1 heterocycles. The van der Waals surface area contributed by atoms with E-state index in [-0.39, 0.29) is 12.1 Å². The van der Waals surface area contributed by atoms with Crippen LogP contribution in [-0.2, 0) is 0 Å². The second-order valence-electron chi connectivity index (χ2n) is 5.59. The van der Waals surface area contributed by atoms with E-state index in [1.165, 1.54) is 32.2 Å². The summed E-state index contributed by atoms with van der Waals surface area (Å²) in [6, 6.07) is 0.772. The van der Waals surface area contributed by atoms with Crippen molar-refractivity contribution in [2.75, 3.05) is 26.2 Å². The summed E-state index contributed by atoms with van der Waals surface area (Å²) in [6.07, 6.45) is 6.38. The van der Waals surface area contributed by atoms with Crippen LogP contribution in [0.15, 0.2) is 0 Å². The number of nitrogens with one attached hydrogen (secondary N) is 1. The molecule has 0 bridgehead atoms. The lowest BCUT2D eigenvalue weighted by molar-refractivity contribution is 0.106. The quantitative estimate of drug-likeness (QED) is 0.717. The Morgan fingerprint density at radius 2 is 2.12 bits per heavy atom. The van der Waals surface area contributed by atoms with Crippen LogP contribution in [-0.4, -0.2) is 47.8 Å². The van der Waals surface area contributed by atoms with Crippen molar-refractivity contribution >= 4 is 0 Å². The van der Waals surface area contributed by atoms with Crippen molar-refractivity contribution in [3.63, 3.8) is 0 Å². The van der Waals surface area contributed by atoms with E-state index in [4.69, 9.17) is 0 Å². The average Bonchev–Trinajstić information content (AvgIpc) is 2.37. The van der Waals surface area contributed by atoms with Gasteiger partial charge >= 0.3 is 0 Å². The molecule has 0 aromatic rings. The monoisotopic (exact) mass is 242 g/mol. The van der Waals surface area contributed by atoms with Crippen molar-refractivity contribution in [2.45, 2.75) is 64.5 Å². The van der Waals surface area contributed by atoms with Crippen molar-refractivity contribution in [3.8, 4) is 0 Å². The van der Waals surface area contributed by atoms with Crippen LogP contribution < -0.4 is 5.32 Å². The fourth-order valence-corrected chi connectivity index (χ4v) is 2.86. The normalized spacial score (nSPS) is 25.8. The molecular formula is C14H30N2O. The molecule has 1 fully saturated rings. The molecule has 102 valence electrons. The highest BCUT2D eigenvalue weighted by Crippen LogP contribution is 2.21. The molecule has 0 aliphatic carbocycles. The van der Waals surface area contributed by atoms with Gasteiger partial charge in [-0.25, -0.2) is 0 Å². The summed E-state index contributed by atoms with van der Waals surface area (Å²) in [5, 5.41) is 12.9. The van der Waals surface area contributed by atoms with Crippen molar-refractivity contribution in [3.05, 3.63) is 0 Å². The number of hydrogen-bond donors (Lipinski definition) is 2. The van der Waals surface area contributed by atoms with Gasteiger partial charge < -0.3 is 15.3 Å². The fourth-order valence-electron chi connectivity index (χ4n) is 2.86. The van der Waals surface area contributed by atoms with E-state index in [0.29, 0.717) is 0 Å². The summed E-state index contributed by atoms with van der Waals surface area (Å²) in [4.78, 5) is 2.62.